The van der Waals surface area contributed by atoms with E-state index in [4.69, 9.17) is 9.47 Å². The first-order chi connectivity index (χ1) is 16.2. The van der Waals surface area contributed by atoms with E-state index in [1.54, 1.807) is 35.6 Å². The summed E-state index contributed by atoms with van der Waals surface area (Å²) in [5.74, 6) is 2.71. The van der Waals surface area contributed by atoms with Crippen LogP contribution in [0.2, 0.25) is 0 Å². The first-order valence-corrected chi connectivity index (χ1v) is 12.2. The van der Waals surface area contributed by atoms with Gasteiger partial charge in [0, 0.05) is 16.1 Å². The quantitative estimate of drug-likeness (QED) is 0.286. The number of phenolic OH excluding ortho intramolecular Hbond substituents is 2. The van der Waals surface area contributed by atoms with Crippen LogP contribution < -0.4 is 14.8 Å². The fraction of sp³-hybridized carbons (Fsp3) is 0.259. The molecule has 5 rings (SSSR count). The van der Waals surface area contributed by atoms with Gasteiger partial charge in [0.05, 0.1) is 11.5 Å². The fourth-order valence-corrected chi connectivity index (χ4v) is 5.35. The van der Waals surface area contributed by atoms with Gasteiger partial charge in [0.15, 0.2) is 5.75 Å². The Hall–Kier alpha value is -3.22. The number of phenols is 2. The second-order valence-electron chi connectivity index (χ2n) is 8.35. The minimum atomic E-state index is 0.217. The molecule has 0 aliphatic carbocycles. The summed E-state index contributed by atoms with van der Waals surface area (Å²) in [6, 6.07) is 20.6. The summed E-state index contributed by atoms with van der Waals surface area (Å²) in [6.45, 7) is 1.81. The van der Waals surface area contributed by atoms with Gasteiger partial charge in [-0.1, -0.05) is 6.42 Å². The number of hydrogen-bond acceptors (Lipinski definition) is 6. The van der Waals surface area contributed by atoms with Crippen LogP contribution in [0.3, 0.4) is 0 Å². The minimum absolute atomic E-state index is 0.217. The average molecular weight is 462 g/mol. The van der Waals surface area contributed by atoms with Crippen LogP contribution in [0.1, 0.15) is 25.7 Å². The molecule has 0 saturated carbocycles. The van der Waals surface area contributed by atoms with Gasteiger partial charge < -0.3 is 25.0 Å². The topological polar surface area (TPSA) is 71.0 Å². The van der Waals surface area contributed by atoms with Crippen molar-refractivity contribution in [3.8, 4) is 39.2 Å². The van der Waals surface area contributed by atoms with Crippen molar-refractivity contribution >= 4 is 21.4 Å². The molecule has 6 heteroatoms. The normalized spacial score (nSPS) is 16.1. The molecule has 0 radical (unpaired) electrons. The van der Waals surface area contributed by atoms with Crippen molar-refractivity contribution in [1.82, 2.24) is 5.32 Å². The number of aromatic hydroxyl groups is 2. The van der Waals surface area contributed by atoms with Crippen LogP contribution in [0, 0.1) is 0 Å². The summed E-state index contributed by atoms with van der Waals surface area (Å²) in [7, 11) is 0. The van der Waals surface area contributed by atoms with Gasteiger partial charge in [0.2, 0.25) is 0 Å². The van der Waals surface area contributed by atoms with Crippen LogP contribution in [0.4, 0.5) is 0 Å². The molecule has 4 aromatic rings. The van der Waals surface area contributed by atoms with Gasteiger partial charge in [-0.05, 0) is 98.1 Å². The number of nitrogens with one attached hydrogen (secondary N) is 1. The van der Waals surface area contributed by atoms with Crippen molar-refractivity contribution < 1.29 is 19.7 Å². The Labute approximate surface area is 197 Å². The van der Waals surface area contributed by atoms with Gasteiger partial charge >= 0.3 is 0 Å². The lowest BCUT2D eigenvalue weighted by Crippen LogP contribution is -2.35. The smallest absolute Gasteiger partial charge is 0.153 e. The Balaban J connectivity index is 1.33. The summed E-state index contributed by atoms with van der Waals surface area (Å²) in [4.78, 5) is 0.941. The van der Waals surface area contributed by atoms with Crippen LogP contribution in [-0.4, -0.2) is 29.4 Å². The summed E-state index contributed by atoms with van der Waals surface area (Å²) in [6.07, 6.45) is 4.81. The maximum absolute atomic E-state index is 9.93. The zero-order valence-electron chi connectivity index (χ0n) is 18.3. The maximum atomic E-state index is 9.93. The molecule has 170 valence electrons. The monoisotopic (exact) mass is 461 g/mol. The van der Waals surface area contributed by atoms with Crippen LogP contribution in [0.5, 0.6) is 28.7 Å². The summed E-state index contributed by atoms with van der Waals surface area (Å²) in [5, 5.41) is 24.1. The van der Waals surface area contributed by atoms with Crippen molar-refractivity contribution in [3.05, 3.63) is 66.7 Å². The van der Waals surface area contributed by atoms with E-state index >= 15 is 0 Å². The zero-order chi connectivity index (χ0) is 22.6. The van der Waals surface area contributed by atoms with Gasteiger partial charge in [-0.15, -0.1) is 11.3 Å². The van der Waals surface area contributed by atoms with Crippen LogP contribution >= 0.6 is 11.3 Å². The molecule has 0 amide bonds. The second kappa shape index (κ2) is 9.73. The third-order valence-corrected chi connectivity index (χ3v) is 7.13. The lowest BCUT2D eigenvalue weighted by atomic mass is 10.0. The number of thiophene rings is 1. The van der Waals surface area contributed by atoms with Crippen molar-refractivity contribution in [2.45, 2.75) is 31.7 Å². The third-order valence-electron chi connectivity index (χ3n) is 5.95. The predicted octanol–water partition coefficient (Wildman–Crippen LogP) is 6.68. The molecular formula is C27H27NO4S. The first-order valence-electron chi connectivity index (χ1n) is 11.3. The Morgan fingerprint density at radius 3 is 2.39 bits per heavy atom. The van der Waals surface area contributed by atoms with Crippen molar-refractivity contribution in [1.29, 1.82) is 0 Å². The molecule has 3 N–H and O–H groups in total. The van der Waals surface area contributed by atoms with E-state index in [1.165, 1.54) is 19.3 Å². The highest BCUT2D eigenvalue weighted by molar-refractivity contribution is 7.22. The molecule has 0 spiro atoms. The van der Waals surface area contributed by atoms with E-state index in [0.29, 0.717) is 18.4 Å². The molecule has 1 saturated heterocycles. The summed E-state index contributed by atoms with van der Waals surface area (Å²) in [5.41, 5.74) is 0.944. The van der Waals surface area contributed by atoms with Gasteiger partial charge in [0.1, 0.15) is 23.0 Å². The number of fused-ring (bicyclic) bond motifs is 1. The predicted molar refractivity (Wildman–Crippen MR) is 133 cm³/mol. The summed E-state index contributed by atoms with van der Waals surface area (Å²) < 4.78 is 13.2. The van der Waals surface area contributed by atoms with Gasteiger partial charge in [-0.3, -0.25) is 0 Å². The largest absolute Gasteiger partial charge is 0.508 e. The number of rotatable bonds is 7. The highest BCUT2D eigenvalue weighted by Gasteiger charge is 2.17. The van der Waals surface area contributed by atoms with Crippen LogP contribution in [0.25, 0.3) is 20.5 Å². The molecule has 1 aliphatic heterocycles. The molecule has 1 fully saturated rings. The Morgan fingerprint density at radius 2 is 1.64 bits per heavy atom. The van der Waals surface area contributed by atoms with Gasteiger partial charge in [0.25, 0.3) is 0 Å². The van der Waals surface area contributed by atoms with E-state index < -0.39 is 0 Å². The molecular weight excluding hydrogens is 434 g/mol. The highest BCUT2D eigenvalue weighted by atomic mass is 32.1. The van der Waals surface area contributed by atoms with E-state index in [1.807, 2.05) is 42.5 Å². The average Bonchev–Trinajstić information content (AvgIpc) is 3.18. The molecule has 1 unspecified atom stereocenters. The lowest BCUT2D eigenvalue weighted by Gasteiger charge is -2.23. The van der Waals surface area contributed by atoms with E-state index in [-0.39, 0.29) is 11.5 Å². The highest BCUT2D eigenvalue weighted by Crippen LogP contribution is 2.47. The van der Waals surface area contributed by atoms with Crippen LogP contribution in [-0.2, 0) is 0 Å². The summed E-state index contributed by atoms with van der Waals surface area (Å²) >= 11 is 1.55. The minimum Gasteiger partial charge on any atom is -0.508 e. The third kappa shape index (κ3) is 5.07. The molecule has 3 aromatic carbocycles. The number of piperidine rings is 1. The number of hydrogen-bond donors (Lipinski definition) is 3. The zero-order valence-corrected chi connectivity index (χ0v) is 19.1. The van der Waals surface area contributed by atoms with Crippen molar-refractivity contribution in [2.24, 2.45) is 0 Å². The molecule has 5 nitrogen and oxygen atoms in total. The standard InChI is InChI=1S/C27H27NO4S/c29-20-6-4-18(5-7-20)27-26(24-13-8-21(30)17-25(24)33-27)32-23-11-9-22(10-12-23)31-16-14-19-3-1-2-15-28-19/h4-13,17,19,28-30H,1-3,14-16H2. The second-order valence-corrected chi connectivity index (χ2v) is 9.40. The number of ether oxygens (including phenoxy) is 2. The molecule has 33 heavy (non-hydrogen) atoms. The fourth-order valence-electron chi connectivity index (χ4n) is 4.18. The van der Waals surface area contributed by atoms with Crippen molar-refractivity contribution in [2.75, 3.05) is 13.2 Å². The molecule has 1 aliphatic rings. The lowest BCUT2D eigenvalue weighted by molar-refractivity contribution is 0.268. The van der Waals surface area contributed by atoms with E-state index in [9.17, 15) is 10.2 Å². The molecule has 1 atom stereocenters. The van der Waals surface area contributed by atoms with Crippen molar-refractivity contribution in [3.63, 3.8) is 0 Å². The first kappa shape index (κ1) is 21.6. The van der Waals surface area contributed by atoms with Gasteiger partial charge in [-0.2, -0.15) is 0 Å². The van der Waals surface area contributed by atoms with E-state index in [2.05, 4.69) is 5.32 Å². The number of benzene rings is 3. The Kier molecular flexibility index (Phi) is 6.37. The van der Waals surface area contributed by atoms with E-state index in [0.717, 1.165) is 45.0 Å². The maximum Gasteiger partial charge on any atom is 0.153 e. The van der Waals surface area contributed by atoms with Gasteiger partial charge in [-0.25, -0.2) is 0 Å². The SMILES string of the molecule is Oc1ccc(-c2sc3cc(O)ccc3c2Oc2ccc(OCCC3CCCCN3)cc2)cc1. The van der Waals surface area contributed by atoms with Crippen LogP contribution in [0.15, 0.2) is 66.7 Å². The molecule has 0 bridgehead atoms. The molecule has 1 aromatic heterocycles. The Bertz CT molecular complexity index is 1210. The Morgan fingerprint density at radius 1 is 0.879 bits per heavy atom. The molecule has 2 heterocycles.